The molecule has 3 heterocycles. The van der Waals surface area contributed by atoms with Gasteiger partial charge < -0.3 is 19.3 Å². The van der Waals surface area contributed by atoms with E-state index in [9.17, 15) is 14.7 Å². The van der Waals surface area contributed by atoms with Gasteiger partial charge in [-0.05, 0) is 31.4 Å². The third kappa shape index (κ3) is 4.36. The number of para-hydroxylation sites is 1. The number of nitrogens with one attached hydrogen (secondary N) is 1. The lowest BCUT2D eigenvalue weighted by Gasteiger charge is -2.23. The Kier molecular flexibility index (Phi) is 6.13. The van der Waals surface area contributed by atoms with Crippen molar-refractivity contribution in [1.29, 1.82) is 0 Å². The van der Waals surface area contributed by atoms with Crippen LogP contribution >= 0.6 is 0 Å². The zero-order valence-corrected chi connectivity index (χ0v) is 18.0. The molecule has 0 saturated carbocycles. The van der Waals surface area contributed by atoms with Gasteiger partial charge >= 0.3 is 5.69 Å². The van der Waals surface area contributed by atoms with Crippen molar-refractivity contribution in [1.82, 2.24) is 19.1 Å². The number of aromatic amines is 1. The summed E-state index contributed by atoms with van der Waals surface area (Å²) in [6, 6.07) is 7.62. The molecule has 1 aliphatic heterocycles. The van der Waals surface area contributed by atoms with Crippen molar-refractivity contribution >= 4 is 17.1 Å². The van der Waals surface area contributed by atoms with Crippen molar-refractivity contribution in [2.45, 2.75) is 45.3 Å². The summed E-state index contributed by atoms with van der Waals surface area (Å²) in [5.74, 6) is 1.32. The molecule has 9 heteroatoms. The van der Waals surface area contributed by atoms with Crippen LogP contribution in [0.25, 0.3) is 11.2 Å². The van der Waals surface area contributed by atoms with Crippen molar-refractivity contribution in [3.8, 4) is 5.75 Å². The van der Waals surface area contributed by atoms with E-state index >= 15 is 0 Å². The van der Waals surface area contributed by atoms with E-state index in [1.165, 1.54) is 4.57 Å². The number of hydrogen-bond acceptors (Lipinski definition) is 6. The second-order valence-electron chi connectivity index (χ2n) is 8.14. The highest BCUT2D eigenvalue weighted by molar-refractivity contribution is 5.74. The Morgan fingerprint density at radius 3 is 2.58 bits per heavy atom. The first-order chi connectivity index (χ1) is 15.0. The Labute approximate surface area is 179 Å². The lowest BCUT2D eigenvalue weighted by molar-refractivity contribution is 0.0933. The first-order valence-electron chi connectivity index (χ1n) is 10.8. The fourth-order valence-corrected chi connectivity index (χ4v) is 4.08. The molecule has 0 amide bonds. The van der Waals surface area contributed by atoms with Crippen molar-refractivity contribution in [2.75, 3.05) is 24.6 Å². The number of ether oxygens (including phenoxy) is 1. The molecule has 1 aliphatic rings. The molecule has 1 atom stereocenters. The van der Waals surface area contributed by atoms with E-state index in [2.05, 4.69) is 14.9 Å². The molecule has 0 unspecified atom stereocenters. The van der Waals surface area contributed by atoms with Gasteiger partial charge in [-0.2, -0.15) is 4.98 Å². The molecule has 1 saturated heterocycles. The van der Waals surface area contributed by atoms with Crippen LogP contribution in [-0.4, -0.2) is 50.0 Å². The van der Waals surface area contributed by atoms with E-state index in [4.69, 9.17) is 4.74 Å². The summed E-state index contributed by atoms with van der Waals surface area (Å²) in [7, 11) is 1.59. The molecule has 2 N–H and O–H groups in total. The van der Waals surface area contributed by atoms with Crippen LogP contribution in [0.15, 0.2) is 33.9 Å². The second-order valence-corrected chi connectivity index (χ2v) is 8.14. The molecule has 2 aromatic heterocycles. The first-order valence-corrected chi connectivity index (χ1v) is 10.8. The second kappa shape index (κ2) is 8.97. The Balaban J connectivity index is 1.68. The molecule has 0 spiro atoms. The number of H-pyrrole nitrogens is 1. The average Bonchev–Trinajstić information content (AvgIpc) is 2.92. The number of anilines is 1. The van der Waals surface area contributed by atoms with Crippen molar-refractivity contribution in [2.24, 2.45) is 7.05 Å². The van der Waals surface area contributed by atoms with E-state index < -0.39 is 17.4 Å². The SMILES string of the molecule is Cc1ccccc1OC[C@@H](O)Cn1c(N2CCCCCC2)nc2c1c(=O)[nH]c(=O)n2C. The normalized spacial score (nSPS) is 15.8. The van der Waals surface area contributed by atoms with Crippen LogP contribution in [0.1, 0.15) is 31.2 Å². The highest BCUT2D eigenvalue weighted by Crippen LogP contribution is 2.23. The maximum Gasteiger partial charge on any atom is 0.329 e. The van der Waals surface area contributed by atoms with E-state index in [0.29, 0.717) is 17.3 Å². The maximum atomic E-state index is 12.7. The van der Waals surface area contributed by atoms with Gasteiger partial charge in [0, 0.05) is 20.1 Å². The van der Waals surface area contributed by atoms with Crippen LogP contribution in [0, 0.1) is 6.92 Å². The van der Waals surface area contributed by atoms with Crippen LogP contribution in [0.5, 0.6) is 5.75 Å². The molecular formula is C22H29N5O4. The minimum absolute atomic E-state index is 0.0770. The minimum Gasteiger partial charge on any atom is -0.491 e. The van der Waals surface area contributed by atoms with Crippen molar-refractivity contribution in [3.63, 3.8) is 0 Å². The smallest absolute Gasteiger partial charge is 0.329 e. The molecule has 1 aromatic carbocycles. The van der Waals surface area contributed by atoms with Crippen molar-refractivity contribution in [3.05, 3.63) is 50.7 Å². The number of aryl methyl sites for hydroxylation is 2. The summed E-state index contributed by atoms with van der Waals surface area (Å²) in [6.07, 6.45) is 3.53. The Morgan fingerprint density at radius 2 is 1.87 bits per heavy atom. The standard InChI is InChI=1S/C22H29N5O4/c1-15-9-5-6-10-17(15)31-14-16(28)13-27-18-19(25(2)22(30)24-20(18)29)23-21(27)26-11-7-3-4-8-12-26/h5-6,9-10,16,28H,3-4,7-8,11-14H2,1-2H3,(H,24,29,30)/t16-/m0/s1. The first kappa shape index (κ1) is 21.2. The molecular weight excluding hydrogens is 398 g/mol. The third-order valence-corrected chi connectivity index (χ3v) is 5.79. The largest absolute Gasteiger partial charge is 0.491 e. The maximum absolute atomic E-state index is 12.7. The van der Waals surface area contributed by atoms with E-state index in [0.717, 1.165) is 44.3 Å². The number of fused-ring (bicyclic) bond motifs is 1. The van der Waals surface area contributed by atoms with Gasteiger partial charge in [0.2, 0.25) is 5.95 Å². The summed E-state index contributed by atoms with van der Waals surface area (Å²) in [4.78, 5) is 33.9. The van der Waals surface area contributed by atoms with Gasteiger partial charge in [0.1, 0.15) is 18.5 Å². The van der Waals surface area contributed by atoms with Gasteiger partial charge in [-0.3, -0.25) is 14.3 Å². The van der Waals surface area contributed by atoms with Crippen LogP contribution in [0.4, 0.5) is 5.95 Å². The summed E-state index contributed by atoms with van der Waals surface area (Å²) < 4.78 is 8.86. The molecule has 0 radical (unpaired) electrons. The van der Waals surface area contributed by atoms with Gasteiger partial charge in [-0.1, -0.05) is 31.0 Å². The topological polar surface area (TPSA) is 105 Å². The molecule has 31 heavy (non-hydrogen) atoms. The van der Waals surface area contributed by atoms with Crippen LogP contribution in [0.2, 0.25) is 0 Å². The summed E-state index contributed by atoms with van der Waals surface area (Å²) in [5, 5.41) is 10.8. The number of rotatable bonds is 6. The van der Waals surface area contributed by atoms with Gasteiger partial charge in [0.15, 0.2) is 11.2 Å². The minimum atomic E-state index is -0.862. The van der Waals surface area contributed by atoms with Crippen LogP contribution in [0.3, 0.4) is 0 Å². The highest BCUT2D eigenvalue weighted by atomic mass is 16.5. The molecule has 3 aromatic rings. The van der Waals surface area contributed by atoms with Crippen molar-refractivity contribution < 1.29 is 9.84 Å². The summed E-state index contributed by atoms with van der Waals surface area (Å²) in [5.41, 5.74) is 0.586. The fraction of sp³-hybridized carbons (Fsp3) is 0.500. The predicted molar refractivity (Wildman–Crippen MR) is 119 cm³/mol. The van der Waals surface area contributed by atoms with E-state index in [1.807, 2.05) is 31.2 Å². The lowest BCUT2D eigenvalue weighted by Crippen LogP contribution is -2.32. The number of hydrogen-bond donors (Lipinski definition) is 2. The fourth-order valence-electron chi connectivity index (χ4n) is 4.08. The van der Waals surface area contributed by atoms with Crippen LogP contribution < -0.4 is 20.9 Å². The van der Waals surface area contributed by atoms with E-state index in [1.54, 1.807) is 11.6 Å². The zero-order chi connectivity index (χ0) is 22.0. The molecule has 4 rings (SSSR count). The van der Waals surface area contributed by atoms with Gasteiger partial charge in [0.25, 0.3) is 5.56 Å². The number of aliphatic hydroxyl groups excluding tert-OH is 1. The molecule has 1 fully saturated rings. The Morgan fingerprint density at radius 1 is 1.16 bits per heavy atom. The van der Waals surface area contributed by atoms with Gasteiger partial charge in [-0.15, -0.1) is 0 Å². The van der Waals surface area contributed by atoms with Gasteiger partial charge in [-0.25, -0.2) is 4.79 Å². The highest BCUT2D eigenvalue weighted by Gasteiger charge is 2.24. The number of nitrogens with zero attached hydrogens (tertiary/aromatic N) is 4. The van der Waals surface area contributed by atoms with Crippen LogP contribution in [-0.2, 0) is 13.6 Å². The predicted octanol–water partition coefficient (Wildman–Crippen LogP) is 1.55. The third-order valence-electron chi connectivity index (χ3n) is 5.79. The van der Waals surface area contributed by atoms with E-state index in [-0.39, 0.29) is 18.7 Å². The summed E-state index contributed by atoms with van der Waals surface area (Å²) in [6.45, 7) is 3.81. The summed E-state index contributed by atoms with van der Waals surface area (Å²) >= 11 is 0. The van der Waals surface area contributed by atoms with Gasteiger partial charge in [0.05, 0.1) is 6.54 Å². The monoisotopic (exact) mass is 427 g/mol. The Bertz CT molecular complexity index is 1170. The quantitative estimate of drug-likeness (QED) is 0.618. The molecule has 9 nitrogen and oxygen atoms in total. The number of aromatic nitrogens is 4. The zero-order valence-electron chi connectivity index (χ0n) is 18.0. The molecule has 0 bridgehead atoms. The average molecular weight is 428 g/mol. The Hall–Kier alpha value is -3.07. The molecule has 166 valence electrons. The molecule has 0 aliphatic carbocycles. The number of benzene rings is 1. The number of aliphatic hydroxyl groups is 1. The number of imidazole rings is 1. The lowest BCUT2D eigenvalue weighted by atomic mass is 10.2.